The van der Waals surface area contributed by atoms with Gasteiger partial charge in [-0.2, -0.15) is 0 Å². The van der Waals surface area contributed by atoms with Crippen LogP contribution in [0.25, 0.3) is 0 Å². The van der Waals surface area contributed by atoms with E-state index in [4.69, 9.17) is 4.74 Å². The first-order chi connectivity index (χ1) is 9.24. The zero-order valence-electron chi connectivity index (χ0n) is 11.2. The van der Waals surface area contributed by atoms with E-state index in [0.717, 1.165) is 37.3 Å². The summed E-state index contributed by atoms with van der Waals surface area (Å²) in [7, 11) is 0. The predicted octanol–water partition coefficient (Wildman–Crippen LogP) is 1.69. The molecular formula is C14H20N2O2S. The second kappa shape index (κ2) is 5.61. The Morgan fingerprint density at radius 3 is 3.26 bits per heavy atom. The van der Waals surface area contributed by atoms with Crippen LogP contribution in [0.15, 0.2) is 6.07 Å². The lowest BCUT2D eigenvalue weighted by Crippen LogP contribution is -2.51. The maximum absolute atomic E-state index is 12.3. The molecule has 4 nitrogen and oxygen atoms in total. The van der Waals surface area contributed by atoms with Crippen LogP contribution in [0.1, 0.15) is 39.9 Å². The van der Waals surface area contributed by atoms with Crippen molar-refractivity contribution in [3.63, 3.8) is 0 Å². The normalized spacial score (nSPS) is 26.8. The number of carbonyl (C=O) groups excluding carboxylic acids is 1. The molecule has 2 atom stereocenters. The number of nitrogens with one attached hydrogen (secondary N) is 2. The van der Waals surface area contributed by atoms with Crippen molar-refractivity contribution in [3.8, 4) is 0 Å². The minimum Gasteiger partial charge on any atom is -0.376 e. The Morgan fingerprint density at radius 2 is 2.47 bits per heavy atom. The Kier molecular flexibility index (Phi) is 3.86. The van der Waals surface area contributed by atoms with Gasteiger partial charge in [-0.25, -0.2) is 0 Å². The summed E-state index contributed by atoms with van der Waals surface area (Å²) in [6.45, 7) is 4.62. The second-order valence-electron chi connectivity index (χ2n) is 5.33. The molecule has 1 fully saturated rings. The highest BCUT2D eigenvalue weighted by Gasteiger charge is 2.24. The number of hydrogen-bond donors (Lipinski definition) is 2. The standard InChI is InChI=1S/C14H20N2O2S/c1-9-11(3-2-5-15-9)16-14(17)13-7-10-8-18-6-4-12(10)19-13/h7,9,11,15H,2-6,8H2,1H3,(H,16,17). The van der Waals surface area contributed by atoms with Crippen molar-refractivity contribution in [2.24, 2.45) is 0 Å². The van der Waals surface area contributed by atoms with Gasteiger partial charge in [0.1, 0.15) is 0 Å². The van der Waals surface area contributed by atoms with Crippen LogP contribution >= 0.6 is 11.3 Å². The average molecular weight is 280 g/mol. The number of thiophene rings is 1. The van der Waals surface area contributed by atoms with Crippen molar-refractivity contribution in [1.82, 2.24) is 10.6 Å². The topological polar surface area (TPSA) is 50.4 Å². The maximum atomic E-state index is 12.3. The van der Waals surface area contributed by atoms with Gasteiger partial charge in [-0.3, -0.25) is 4.79 Å². The van der Waals surface area contributed by atoms with Crippen molar-refractivity contribution in [2.45, 2.75) is 44.9 Å². The van der Waals surface area contributed by atoms with E-state index < -0.39 is 0 Å². The van der Waals surface area contributed by atoms with E-state index in [2.05, 4.69) is 17.6 Å². The van der Waals surface area contributed by atoms with E-state index in [0.29, 0.717) is 12.6 Å². The highest BCUT2D eigenvalue weighted by atomic mass is 32.1. The van der Waals surface area contributed by atoms with Crippen LogP contribution in [-0.4, -0.2) is 31.1 Å². The molecule has 0 spiro atoms. The monoisotopic (exact) mass is 280 g/mol. The summed E-state index contributed by atoms with van der Waals surface area (Å²) in [5.41, 5.74) is 1.19. The maximum Gasteiger partial charge on any atom is 0.261 e. The Hall–Kier alpha value is -0.910. The molecule has 104 valence electrons. The lowest BCUT2D eigenvalue weighted by molar-refractivity contribution is 0.0923. The van der Waals surface area contributed by atoms with Crippen LogP contribution in [0.4, 0.5) is 0 Å². The number of hydrogen-bond acceptors (Lipinski definition) is 4. The minimum atomic E-state index is 0.0694. The van der Waals surface area contributed by atoms with Gasteiger partial charge < -0.3 is 15.4 Å². The largest absolute Gasteiger partial charge is 0.376 e. The minimum absolute atomic E-state index is 0.0694. The molecular weight excluding hydrogens is 260 g/mol. The van der Waals surface area contributed by atoms with Crippen molar-refractivity contribution in [1.29, 1.82) is 0 Å². The highest BCUT2D eigenvalue weighted by Crippen LogP contribution is 2.27. The number of piperidine rings is 1. The van der Waals surface area contributed by atoms with E-state index in [1.54, 1.807) is 11.3 Å². The molecule has 0 aliphatic carbocycles. The Labute approximate surface area is 117 Å². The van der Waals surface area contributed by atoms with Gasteiger partial charge in [0.2, 0.25) is 0 Å². The molecule has 1 aromatic heterocycles. The van der Waals surface area contributed by atoms with Gasteiger partial charge in [-0.15, -0.1) is 11.3 Å². The molecule has 3 heterocycles. The Bertz CT molecular complexity index is 449. The number of rotatable bonds is 2. The zero-order chi connectivity index (χ0) is 13.2. The molecule has 5 heteroatoms. The molecule has 2 aliphatic heterocycles. The number of fused-ring (bicyclic) bond motifs is 1. The molecule has 0 saturated carbocycles. The molecule has 1 aromatic rings. The van der Waals surface area contributed by atoms with Crippen molar-refractivity contribution >= 4 is 17.2 Å². The molecule has 19 heavy (non-hydrogen) atoms. The van der Waals surface area contributed by atoms with Gasteiger partial charge in [0.05, 0.1) is 18.1 Å². The van der Waals surface area contributed by atoms with Crippen LogP contribution in [0.5, 0.6) is 0 Å². The summed E-state index contributed by atoms with van der Waals surface area (Å²) >= 11 is 1.62. The van der Waals surface area contributed by atoms with E-state index in [-0.39, 0.29) is 11.9 Å². The van der Waals surface area contributed by atoms with Gasteiger partial charge in [-0.1, -0.05) is 0 Å². The van der Waals surface area contributed by atoms with Crippen molar-refractivity contribution < 1.29 is 9.53 Å². The molecule has 1 amide bonds. The SMILES string of the molecule is CC1NCCCC1NC(=O)c1cc2c(s1)CCOC2. The first-order valence-electron chi connectivity index (χ1n) is 6.97. The average Bonchev–Trinajstić information content (AvgIpc) is 2.85. The fourth-order valence-electron chi connectivity index (χ4n) is 2.74. The summed E-state index contributed by atoms with van der Waals surface area (Å²) in [5, 5.41) is 6.57. The number of amides is 1. The highest BCUT2D eigenvalue weighted by molar-refractivity contribution is 7.14. The van der Waals surface area contributed by atoms with Crippen LogP contribution < -0.4 is 10.6 Å². The van der Waals surface area contributed by atoms with Crippen molar-refractivity contribution in [2.75, 3.05) is 13.2 Å². The fourth-order valence-corrected chi connectivity index (χ4v) is 3.79. The molecule has 2 unspecified atom stereocenters. The fraction of sp³-hybridized carbons (Fsp3) is 0.643. The summed E-state index contributed by atoms with van der Waals surface area (Å²) in [6, 6.07) is 2.60. The smallest absolute Gasteiger partial charge is 0.261 e. The third-order valence-electron chi connectivity index (χ3n) is 3.93. The lowest BCUT2D eigenvalue weighted by Gasteiger charge is -2.30. The first-order valence-corrected chi connectivity index (χ1v) is 7.79. The Morgan fingerprint density at radius 1 is 1.58 bits per heavy atom. The van der Waals surface area contributed by atoms with Gasteiger partial charge in [0, 0.05) is 23.4 Å². The second-order valence-corrected chi connectivity index (χ2v) is 6.46. The van der Waals surface area contributed by atoms with Crippen molar-refractivity contribution in [3.05, 3.63) is 21.4 Å². The molecule has 1 saturated heterocycles. The summed E-state index contributed by atoms with van der Waals surface area (Å²) in [5.74, 6) is 0.0694. The van der Waals surface area contributed by atoms with E-state index in [1.165, 1.54) is 10.4 Å². The van der Waals surface area contributed by atoms with Crippen LogP contribution in [0.2, 0.25) is 0 Å². The van der Waals surface area contributed by atoms with Gasteiger partial charge in [0.15, 0.2) is 0 Å². The zero-order valence-corrected chi connectivity index (χ0v) is 12.0. The quantitative estimate of drug-likeness (QED) is 0.867. The van der Waals surface area contributed by atoms with Gasteiger partial charge in [-0.05, 0) is 37.9 Å². The molecule has 0 radical (unpaired) electrons. The lowest BCUT2D eigenvalue weighted by atomic mass is 10.00. The molecule has 2 N–H and O–H groups in total. The van der Waals surface area contributed by atoms with Crippen LogP contribution in [-0.2, 0) is 17.8 Å². The van der Waals surface area contributed by atoms with Gasteiger partial charge >= 0.3 is 0 Å². The predicted molar refractivity (Wildman–Crippen MR) is 75.6 cm³/mol. The van der Waals surface area contributed by atoms with Gasteiger partial charge in [0.25, 0.3) is 5.91 Å². The van der Waals surface area contributed by atoms with E-state index in [9.17, 15) is 4.79 Å². The molecule has 0 aromatic carbocycles. The number of carbonyl (C=O) groups is 1. The third-order valence-corrected chi connectivity index (χ3v) is 5.17. The summed E-state index contributed by atoms with van der Waals surface area (Å²) in [6.07, 6.45) is 3.13. The van der Waals surface area contributed by atoms with Crippen LogP contribution in [0.3, 0.4) is 0 Å². The molecule has 3 rings (SSSR count). The summed E-state index contributed by atoms with van der Waals surface area (Å²) < 4.78 is 5.42. The van der Waals surface area contributed by atoms with Crippen LogP contribution in [0, 0.1) is 0 Å². The first kappa shape index (κ1) is 13.1. The van der Waals surface area contributed by atoms with E-state index >= 15 is 0 Å². The summed E-state index contributed by atoms with van der Waals surface area (Å²) in [4.78, 5) is 14.4. The number of ether oxygens (including phenoxy) is 1. The Balaban J connectivity index is 1.68. The van der Waals surface area contributed by atoms with E-state index in [1.807, 2.05) is 6.07 Å². The molecule has 0 bridgehead atoms. The third kappa shape index (κ3) is 2.83. The molecule has 2 aliphatic rings.